The van der Waals surface area contributed by atoms with Crippen molar-refractivity contribution in [2.75, 3.05) is 7.05 Å². The Balaban J connectivity index is 1.88. The number of rotatable bonds is 11. The van der Waals surface area contributed by atoms with Gasteiger partial charge in [-0.15, -0.1) is 0 Å². The molecule has 1 rings (SSSR count). The Hall–Kier alpha value is -0.0400. The van der Waals surface area contributed by atoms with E-state index in [1.807, 2.05) is 0 Å². The molecular weight excluding hydrogens is 230 g/mol. The van der Waals surface area contributed by atoms with Gasteiger partial charge >= 0.3 is 0 Å². The van der Waals surface area contributed by atoms with E-state index in [2.05, 4.69) is 25.8 Å². The fourth-order valence-electron chi connectivity index (χ4n) is 3.62. The highest BCUT2D eigenvalue weighted by atomic mass is 15.2. The molecule has 0 aromatic carbocycles. The Morgan fingerprint density at radius 3 is 1.79 bits per heavy atom. The zero-order valence-electron chi connectivity index (χ0n) is 13.8. The lowest BCUT2D eigenvalue weighted by atomic mass is 10.0. The topological polar surface area (TPSA) is 3.24 Å². The van der Waals surface area contributed by atoms with Crippen molar-refractivity contribution in [1.82, 2.24) is 4.90 Å². The number of hydrogen-bond acceptors (Lipinski definition) is 1. The summed E-state index contributed by atoms with van der Waals surface area (Å²) in [5.41, 5.74) is 0. The summed E-state index contributed by atoms with van der Waals surface area (Å²) in [7, 11) is 2.35. The highest BCUT2D eigenvalue weighted by Gasteiger charge is 2.28. The van der Waals surface area contributed by atoms with E-state index in [9.17, 15) is 0 Å². The van der Waals surface area contributed by atoms with E-state index in [1.54, 1.807) is 0 Å². The molecule has 1 aliphatic heterocycles. The van der Waals surface area contributed by atoms with Gasteiger partial charge < -0.3 is 4.90 Å². The Kier molecular flexibility index (Phi) is 9.59. The summed E-state index contributed by atoms with van der Waals surface area (Å²) in [5.74, 6) is 0. The molecule has 0 aliphatic carbocycles. The molecule has 0 aromatic heterocycles. The SMILES string of the molecule is CCCCCCCCCCCC1CCC(CC)N1C. The number of nitrogens with zero attached hydrogens (tertiary/aromatic N) is 1. The summed E-state index contributed by atoms with van der Waals surface area (Å²) in [6.07, 6.45) is 18.8. The maximum Gasteiger partial charge on any atom is 0.00957 e. The van der Waals surface area contributed by atoms with Gasteiger partial charge in [-0.3, -0.25) is 0 Å². The fraction of sp³-hybridized carbons (Fsp3) is 1.00. The molecule has 0 spiro atoms. The molecule has 1 fully saturated rings. The normalized spacial score (nSPS) is 24.2. The molecular formula is C18H37N. The third-order valence-corrected chi connectivity index (χ3v) is 5.10. The summed E-state index contributed by atoms with van der Waals surface area (Å²) < 4.78 is 0. The van der Waals surface area contributed by atoms with E-state index >= 15 is 0 Å². The molecule has 1 saturated heterocycles. The molecule has 1 heteroatoms. The van der Waals surface area contributed by atoms with Crippen LogP contribution in [0.2, 0.25) is 0 Å². The zero-order chi connectivity index (χ0) is 13.9. The molecule has 0 radical (unpaired) electrons. The highest BCUT2D eigenvalue weighted by molar-refractivity contribution is 4.84. The van der Waals surface area contributed by atoms with Crippen molar-refractivity contribution < 1.29 is 0 Å². The average molecular weight is 268 g/mol. The minimum atomic E-state index is 0.878. The highest BCUT2D eigenvalue weighted by Crippen LogP contribution is 2.27. The number of likely N-dealkylation sites (tertiary alicyclic amines) is 1. The lowest BCUT2D eigenvalue weighted by Crippen LogP contribution is -2.31. The quantitative estimate of drug-likeness (QED) is 0.429. The molecule has 1 nitrogen and oxygen atoms in total. The molecule has 0 amide bonds. The standard InChI is InChI=1S/C18H37N/c1-4-6-7-8-9-10-11-12-13-14-18-16-15-17(5-2)19(18)3/h17-18H,4-16H2,1-3H3. The molecule has 0 saturated carbocycles. The molecule has 0 N–H and O–H groups in total. The second-order valence-electron chi connectivity index (χ2n) is 6.58. The molecule has 19 heavy (non-hydrogen) atoms. The zero-order valence-corrected chi connectivity index (χ0v) is 13.8. The lowest BCUT2D eigenvalue weighted by Gasteiger charge is -2.24. The fourth-order valence-corrected chi connectivity index (χ4v) is 3.62. The molecule has 114 valence electrons. The van der Waals surface area contributed by atoms with E-state index in [1.165, 1.54) is 83.5 Å². The Labute approximate surface area is 122 Å². The lowest BCUT2D eigenvalue weighted by molar-refractivity contribution is 0.223. The Bertz CT molecular complexity index is 202. The van der Waals surface area contributed by atoms with Crippen molar-refractivity contribution in [2.24, 2.45) is 0 Å². The first-order valence-corrected chi connectivity index (χ1v) is 9.01. The van der Waals surface area contributed by atoms with Gasteiger partial charge in [-0.2, -0.15) is 0 Å². The van der Waals surface area contributed by atoms with Gasteiger partial charge in [-0.05, 0) is 32.7 Å². The van der Waals surface area contributed by atoms with E-state index < -0.39 is 0 Å². The summed E-state index contributed by atoms with van der Waals surface area (Å²) in [4.78, 5) is 2.66. The van der Waals surface area contributed by atoms with Gasteiger partial charge in [0.05, 0.1) is 0 Å². The Morgan fingerprint density at radius 1 is 0.737 bits per heavy atom. The van der Waals surface area contributed by atoms with Crippen LogP contribution < -0.4 is 0 Å². The number of hydrogen-bond donors (Lipinski definition) is 0. The van der Waals surface area contributed by atoms with E-state index in [0.717, 1.165) is 12.1 Å². The summed E-state index contributed by atoms with van der Waals surface area (Å²) in [6.45, 7) is 4.63. The van der Waals surface area contributed by atoms with Crippen molar-refractivity contribution >= 4 is 0 Å². The first-order chi connectivity index (χ1) is 9.29. The van der Waals surface area contributed by atoms with Gasteiger partial charge in [-0.25, -0.2) is 0 Å². The second kappa shape index (κ2) is 10.7. The monoisotopic (exact) mass is 267 g/mol. The van der Waals surface area contributed by atoms with Crippen LogP contribution in [-0.4, -0.2) is 24.0 Å². The van der Waals surface area contributed by atoms with Crippen LogP contribution >= 0.6 is 0 Å². The number of unbranched alkanes of at least 4 members (excludes halogenated alkanes) is 8. The minimum Gasteiger partial charge on any atom is -0.300 e. The van der Waals surface area contributed by atoms with Gasteiger partial charge in [0.1, 0.15) is 0 Å². The smallest absolute Gasteiger partial charge is 0.00957 e. The molecule has 2 atom stereocenters. The molecule has 0 bridgehead atoms. The van der Waals surface area contributed by atoms with Crippen molar-refractivity contribution in [3.8, 4) is 0 Å². The van der Waals surface area contributed by atoms with Crippen molar-refractivity contribution in [3.63, 3.8) is 0 Å². The molecule has 0 aromatic rings. The summed E-state index contributed by atoms with van der Waals surface area (Å²) in [6, 6.07) is 1.78. The van der Waals surface area contributed by atoms with Gasteiger partial charge in [0, 0.05) is 12.1 Å². The van der Waals surface area contributed by atoms with Crippen molar-refractivity contribution in [1.29, 1.82) is 0 Å². The van der Waals surface area contributed by atoms with Crippen molar-refractivity contribution in [3.05, 3.63) is 0 Å². The summed E-state index contributed by atoms with van der Waals surface area (Å²) >= 11 is 0. The first kappa shape index (κ1) is 17.0. The van der Waals surface area contributed by atoms with E-state index in [-0.39, 0.29) is 0 Å². The average Bonchev–Trinajstić information content (AvgIpc) is 2.78. The van der Waals surface area contributed by atoms with Crippen LogP contribution in [-0.2, 0) is 0 Å². The third-order valence-electron chi connectivity index (χ3n) is 5.10. The van der Waals surface area contributed by atoms with Crippen molar-refractivity contribution in [2.45, 2.75) is 109 Å². The second-order valence-corrected chi connectivity index (χ2v) is 6.58. The van der Waals surface area contributed by atoms with Crippen LogP contribution in [0.15, 0.2) is 0 Å². The van der Waals surface area contributed by atoms with Crippen LogP contribution in [0.1, 0.15) is 97.3 Å². The predicted octanol–water partition coefficient (Wildman–Crippen LogP) is 5.78. The summed E-state index contributed by atoms with van der Waals surface area (Å²) in [5, 5.41) is 0. The van der Waals surface area contributed by atoms with Crippen LogP contribution in [0.4, 0.5) is 0 Å². The molecule has 1 aliphatic rings. The van der Waals surface area contributed by atoms with Crippen LogP contribution in [0, 0.1) is 0 Å². The van der Waals surface area contributed by atoms with Gasteiger partial charge in [0.15, 0.2) is 0 Å². The van der Waals surface area contributed by atoms with Crippen LogP contribution in [0.3, 0.4) is 0 Å². The molecule has 2 unspecified atom stereocenters. The van der Waals surface area contributed by atoms with Gasteiger partial charge in [-0.1, -0.05) is 71.6 Å². The first-order valence-electron chi connectivity index (χ1n) is 9.01. The third kappa shape index (κ3) is 6.79. The maximum atomic E-state index is 2.66. The van der Waals surface area contributed by atoms with E-state index in [4.69, 9.17) is 0 Å². The van der Waals surface area contributed by atoms with Gasteiger partial charge in [0.2, 0.25) is 0 Å². The molecule has 1 heterocycles. The largest absolute Gasteiger partial charge is 0.300 e. The van der Waals surface area contributed by atoms with Crippen LogP contribution in [0.5, 0.6) is 0 Å². The maximum absolute atomic E-state index is 2.66. The Morgan fingerprint density at radius 2 is 1.26 bits per heavy atom. The van der Waals surface area contributed by atoms with Gasteiger partial charge in [0.25, 0.3) is 0 Å². The minimum absolute atomic E-state index is 0.878. The van der Waals surface area contributed by atoms with Crippen LogP contribution in [0.25, 0.3) is 0 Å². The predicted molar refractivity (Wildman–Crippen MR) is 86.7 cm³/mol. The van der Waals surface area contributed by atoms with E-state index in [0.29, 0.717) is 0 Å².